The maximum absolute atomic E-state index is 11.2. The Balaban J connectivity index is 2.28. The van der Waals surface area contributed by atoms with Crippen LogP contribution >= 0.6 is 0 Å². The molecule has 0 bridgehead atoms. The first-order valence-electron chi connectivity index (χ1n) is 3.64. The lowest BCUT2D eigenvalue weighted by Gasteiger charge is -2.04. The Hall–Kier alpha value is -1.35. The van der Waals surface area contributed by atoms with E-state index in [1.165, 1.54) is 18.2 Å². The standard InChI is InChI=1S/C9H8O3/c1-2-7(11)9-4-3-6(10)5-8(9)12-9/h2-5,8,10H,1H2. The summed E-state index contributed by atoms with van der Waals surface area (Å²) in [6.07, 6.45) is 5.48. The first kappa shape index (κ1) is 7.31. The van der Waals surface area contributed by atoms with E-state index in [-0.39, 0.29) is 17.6 Å². The number of fused-ring (bicyclic) bond motifs is 1. The van der Waals surface area contributed by atoms with E-state index < -0.39 is 5.60 Å². The number of rotatable bonds is 2. The lowest BCUT2D eigenvalue weighted by atomic mass is 9.95. The molecule has 0 radical (unpaired) electrons. The van der Waals surface area contributed by atoms with E-state index in [2.05, 4.69) is 6.58 Å². The van der Waals surface area contributed by atoms with Gasteiger partial charge in [-0.2, -0.15) is 0 Å². The molecule has 12 heavy (non-hydrogen) atoms. The Morgan fingerprint density at radius 3 is 3.17 bits per heavy atom. The van der Waals surface area contributed by atoms with Crippen LogP contribution < -0.4 is 0 Å². The Bertz CT molecular complexity index is 314. The minimum Gasteiger partial charge on any atom is -0.508 e. The predicted molar refractivity (Wildman–Crippen MR) is 42.7 cm³/mol. The lowest BCUT2D eigenvalue weighted by molar-refractivity contribution is -0.117. The van der Waals surface area contributed by atoms with Gasteiger partial charge in [0.25, 0.3) is 0 Å². The summed E-state index contributed by atoms with van der Waals surface area (Å²) in [4.78, 5) is 11.2. The van der Waals surface area contributed by atoms with Gasteiger partial charge in [0, 0.05) is 0 Å². The van der Waals surface area contributed by atoms with Crippen LogP contribution in [0.5, 0.6) is 0 Å². The van der Waals surface area contributed by atoms with E-state index in [1.54, 1.807) is 6.08 Å². The highest BCUT2D eigenvalue weighted by Gasteiger charge is 2.59. The monoisotopic (exact) mass is 164 g/mol. The predicted octanol–water partition coefficient (Wildman–Crippen LogP) is 0.891. The molecule has 2 aliphatic rings. The fourth-order valence-corrected chi connectivity index (χ4v) is 1.33. The van der Waals surface area contributed by atoms with Crippen LogP contribution in [0.1, 0.15) is 0 Å². The van der Waals surface area contributed by atoms with Crippen molar-refractivity contribution in [3.05, 3.63) is 36.6 Å². The van der Waals surface area contributed by atoms with Crippen LogP contribution in [0, 0.1) is 0 Å². The smallest absolute Gasteiger partial charge is 0.193 e. The molecular formula is C9H8O3. The summed E-state index contributed by atoms with van der Waals surface area (Å²) in [5, 5.41) is 9.03. The molecule has 0 amide bonds. The fraction of sp³-hybridized carbons (Fsp3) is 0.222. The number of hydrogen-bond donors (Lipinski definition) is 1. The Kier molecular flexibility index (Phi) is 1.26. The van der Waals surface area contributed by atoms with Crippen LogP contribution in [0.4, 0.5) is 0 Å². The molecule has 0 aromatic carbocycles. The summed E-state index contributed by atoms with van der Waals surface area (Å²) in [5.74, 6) is -0.0162. The number of ketones is 1. The van der Waals surface area contributed by atoms with Crippen LogP contribution in [-0.2, 0) is 9.53 Å². The van der Waals surface area contributed by atoms with Crippen molar-refractivity contribution in [3.8, 4) is 0 Å². The first-order valence-corrected chi connectivity index (χ1v) is 3.64. The molecule has 2 rings (SSSR count). The third-order valence-corrected chi connectivity index (χ3v) is 2.08. The highest BCUT2D eigenvalue weighted by atomic mass is 16.6. The molecule has 3 nitrogen and oxygen atoms in total. The van der Waals surface area contributed by atoms with Gasteiger partial charge in [0.05, 0.1) is 0 Å². The Morgan fingerprint density at radius 2 is 2.58 bits per heavy atom. The van der Waals surface area contributed by atoms with Crippen molar-refractivity contribution in [2.75, 3.05) is 0 Å². The summed E-state index contributed by atoms with van der Waals surface area (Å²) < 4.78 is 5.14. The van der Waals surface area contributed by atoms with Crippen molar-refractivity contribution in [1.29, 1.82) is 0 Å². The van der Waals surface area contributed by atoms with Gasteiger partial charge in [0.1, 0.15) is 11.9 Å². The van der Waals surface area contributed by atoms with Gasteiger partial charge in [-0.05, 0) is 24.3 Å². The summed E-state index contributed by atoms with van der Waals surface area (Å²) in [6, 6.07) is 0. The number of allylic oxidation sites excluding steroid dienone is 1. The van der Waals surface area contributed by atoms with Crippen molar-refractivity contribution >= 4 is 5.78 Å². The van der Waals surface area contributed by atoms with Gasteiger partial charge in [0.2, 0.25) is 0 Å². The van der Waals surface area contributed by atoms with Gasteiger partial charge in [0.15, 0.2) is 11.4 Å². The minimum absolute atomic E-state index is 0.144. The molecule has 1 N–H and O–H groups in total. The summed E-state index contributed by atoms with van der Waals surface area (Å²) in [7, 11) is 0. The number of carbonyl (C=O) groups excluding carboxylic acids is 1. The second-order valence-electron chi connectivity index (χ2n) is 2.82. The van der Waals surface area contributed by atoms with Gasteiger partial charge in [-0.25, -0.2) is 0 Å². The van der Waals surface area contributed by atoms with E-state index in [1.807, 2.05) is 0 Å². The molecule has 1 saturated heterocycles. The highest BCUT2D eigenvalue weighted by Crippen LogP contribution is 2.43. The van der Waals surface area contributed by atoms with Gasteiger partial charge < -0.3 is 9.84 Å². The number of carbonyl (C=O) groups is 1. The van der Waals surface area contributed by atoms with E-state index in [0.29, 0.717) is 0 Å². The fourth-order valence-electron chi connectivity index (χ4n) is 1.33. The zero-order valence-electron chi connectivity index (χ0n) is 6.36. The maximum Gasteiger partial charge on any atom is 0.193 e. The molecule has 0 aromatic rings. The summed E-state index contributed by atoms with van der Waals surface area (Å²) in [5.41, 5.74) is -0.839. The van der Waals surface area contributed by atoms with Crippen molar-refractivity contribution in [2.45, 2.75) is 11.7 Å². The number of epoxide rings is 1. The second kappa shape index (κ2) is 2.08. The van der Waals surface area contributed by atoms with Crippen LogP contribution in [0.25, 0.3) is 0 Å². The SMILES string of the molecule is C=CC(=O)C12C=CC(O)=CC1O2. The number of ether oxygens (including phenoxy) is 1. The lowest BCUT2D eigenvalue weighted by Crippen LogP contribution is -2.24. The molecule has 1 heterocycles. The molecule has 1 aliphatic heterocycles. The van der Waals surface area contributed by atoms with E-state index in [9.17, 15) is 4.79 Å². The molecule has 2 atom stereocenters. The van der Waals surface area contributed by atoms with Gasteiger partial charge in [-0.15, -0.1) is 0 Å². The molecule has 0 spiro atoms. The van der Waals surface area contributed by atoms with Crippen molar-refractivity contribution < 1.29 is 14.6 Å². The zero-order valence-corrected chi connectivity index (χ0v) is 6.36. The average molecular weight is 164 g/mol. The zero-order chi connectivity index (χ0) is 8.77. The van der Waals surface area contributed by atoms with E-state index in [4.69, 9.17) is 9.84 Å². The number of aliphatic hydroxyl groups excluding tert-OH is 1. The van der Waals surface area contributed by atoms with Crippen molar-refractivity contribution in [3.63, 3.8) is 0 Å². The average Bonchev–Trinajstić information content (AvgIpc) is 2.78. The maximum atomic E-state index is 11.2. The molecule has 1 fully saturated rings. The second-order valence-corrected chi connectivity index (χ2v) is 2.82. The molecule has 0 saturated carbocycles. The summed E-state index contributed by atoms with van der Waals surface area (Å²) >= 11 is 0. The number of hydrogen-bond acceptors (Lipinski definition) is 3. The van der Waals surface area contributed by atoms with Crippen molar-refractivity contribution in [1.82, 2.24) is 0 Å². The van der Waals surface area contributed by atoms with Crippen LogP contribution in [0.2, 0.25) is 0 Å². The Morgan fingerprint density at radius 1 is 1.83 bits per heavy atom. The van der Waals surface area contributed by atoms with Crippen molar-refractivity contribution in [2.24, 2.45) is 0 Å². The largest absolute Gasteiger partial charge is 0.508 e. The van der Waals surface area contributed by atoms with Gasteiger partial charge in [-0.1, -0.05) is 6.58 Å². The quantitative estimate of drug-likeness (QED) is 0.487. The third-order valence-electron chi connectivity index (χ3n) is 2.08. The molecule has 2 unspecified atom stereocenters. The molecular weight excluding hydrogens is 156 g/mol. The minimum atomic E-state index is -0.839. The molecule has 1 aliphatic carbocycles. The van der Waals surface area contributed by atoms with Crippen LogP contribution in [0.3, 0.4) is 0 Å². The van der Waals surface area contributed by atoms with Crippen LogP contribution in [0.15, 0.2) is 36.6 Å². The van der Waals surface area contributed by atoms with Gasteiger partial charge >= 0.3 is 0 Å². The summed E-state index contributed by atoms with van der Waals surface area (Å²) in [6.45, 7) is 3.38. The first-order chi connectivity index (χ1) is 5.69. The number of aliphatic hydroxyl groups is 1. The van der Waals surface area contributed by atoms with Crippen LogP contribution in [-0.4, -0.2) is 22.6 Å². The molecule has 62 valence electrons. The normalized spacial score (nSPS) is 36.7. The molecule has 3 heteroatoms. The third kappa shape index (κ3) is 0.769. The topological polar surface area (TPSA) is 49.8 Å². The highest BCUT2D eigenvalue weighted by molar-refractivity contribution is 6.01. The van der Waals surface area contributed by atoms with Gasteiger partial charge in [-0.3, -0.25) is 4.79 Å². The Labute approximate surface area is 69.6 Å². The van der Waals surface area contributed by atoms with E-state index >= 15 is 0 Å². The molecule has 0 aromatic heterocycles. The van der Waals surface area contributed by atoms with E-state index in [0.717, 1.165) is 0 Å².